The first kappa shape index (κ1) is 15.5. The zero-order valence-electron chi connectivity index (χ0n) is 12.8. The van der Waals surface area contributed by atoms with Crippen LogP contribution in [-0.4, -0.2) is 52.0 Å². The Morgan fingerprint density at radius 2 is 2.18 bits per heavy atom. The Morgan fingerprint density at radius 3 is 2.86 bits per heavy atom. The highest BCUT2D eigenvalue weighted by Gasteiger charge is 2.29. The van der Waals surface area contributed by atoms with Gasteiger partial charge in [0.1, 0.15) is 0 Å². The SMILES string of the molecule is CN1C(=O)Cc2cc(S(=O)(=O)N(C)CC3CCCO3)ccc21. The van der Waals surface area contributed by atoms with Crippen molar-refractivity contribution in [3.8, 4) is 0 Å². The highest BCUT2D eigenvalue weighted by molar-refractivity contribution is 7.89. The van der Waals surface area contributed by atoms with Crippen LogP contribution in [0.15, 0.2) is 23.1 Å². The van der Waals surface area contributed by atoms with Gasteiger partial charge >= 0.3 is 0 Å². The molecule has 22 heavy (non-hydrogen) atoms. The molecule has 2 aliphatic heterocycles. The average Bonchev–Trinajstić information content (AvgIpc) is 3.08. The van der Waals surface area contributed by atoms with E-state index in [0.29, 0.717) is 13.2 Å². The van der Waals surface area contributed by atoms with Crippen LogP contribution in [-0.2, 0) is 26.0 Å². The lowest BCUT2D eigenvalue weighted by molar-refractivity contribution is -0.117. The second-order valence-electron chi connectivity index (χ2n) is 5.84. The van der Waals surface area contributed by atoms with Crippen molar-refractivity contribution in [2.75, 3.05) is 32.1 Å². The summed E-state index contributed by atoms with van der Waals surface area (Å²) in [6.07, 6.45) is 2.10. The minimum Gasteiger partial charge on any atom is -0.377 e. The van der Waals surface area contributed by atoms with Crippen LogP contribution in [0.1, 0.15) is 18.4 Å². The van der Waals surface area contributed by atoms with Crippen LogP contribution in [0.3, 0.4) is 0 Å². The summed E-state index contributed by atoms with van der Waals surface area (Å²) < 4.78 is 32.1. The van der Waals surface area contributed by atoms with Gasteiger partial charge in [-0.15, -0.1) is 0 Å². The molecule has 1 aromatic rings. The molecule has 120 valence electrons. The third-order valence-electron chi connectivity index (χ3n) is 4.32. The second-order valence-corrected chi connectivity index (χ2v) is 7.89. The fourth-order valence-electron chi connectivity index (χ4n) is 2.96. The number of sulfonamides is 1. The number of anilines is 1. The topological polar surface area (TPSA) is 66.9 Å². The van der Waals surface area contributed by atoms with Crippen molar-refractivity contribution in [1.29, 1.82) is 0 Å². The predicted molar refractivity (Wildman–Crippen MR) is 82.3 cm³/mol. The Labute approximate surface area is 130 Å². The normalized spacial score (nSPS) is 21.7. The lowest BCUT2D eigenvalue weighted by Crippen LogP contribution is -2.34. The van der Waals surface area contributed by atoms with Gasteiger partial charge in [0.2, 0.25) is 15.9 Å². The Morgan fingerprint density at radius 1 is 1.41 bits per heavy atom. The van der Waals surface area contributed by atoms with E-state index in [1.807, 2.05) is 0 Å². The zero-order valence-corrected chi connectivity index (χ0v) is 13.6. The number of rotatable bonds is 4. The summed E-state index contributed by atoms with van der Waals surface area (Å²) in [7, 11) is -0.288. The number of fused-ring (bicyclic) bond motifs is 1. The molecule has 1 aromatic carbocycles. The van der Waals surface area contributed by atoms with Crippen molar-refractivity contribution in [1.82, 2.24) is 4.31 Å². The molecule has 0 aliphatic carbocycles. The number of amides is 1. The van der Waals surface area contributed by atoms with E-state index in [9.17, 15) is 13.2 Å². The summed E-state index contributed by atoms with van der Waals surface area (Å²) in [6.45, 7) is 1.06. The highest BCUT2D eigenvalue weighted by Crippen LogP contribution is 2.30. The molecule has 1 fully saturated rings. The fourth-order valence-corrected chi connectivity index (χ4v) is 4.21. The predicted octanol–water partition coefficient (Wildman–Crippen LogP) is 1.01. The molecule has 2 aliphatic rings. The Kier molecular flexibility index (Phi) is 3.96. The molecular formula is C15H20N2O4S. The van der Waals surface area contributed by atoms with E-state index in [0.717, 1.165) is 24.1 Å². The van der Waals surface area contributed by atoms with Crippen LogP contribution in [0, 0.1) is 0 Å². The van der Waals surface area contributed by atoms with Crippen molar-refractivity contribution in [2.24, 2.45) is 0 Å². The number of nitrogens with zero attached hydrogens (tertiary/aromatic N) is 2. The van der Waals surface area contributed by atoms with Crippen LogP contribution >= 0.6 is 0 Å². The molecule has 0 aromatic heterocycles. The summed E-state index contributed by atoms with van der Waals surface area (Å²) in [5.41, 5.74) is 1.55. The van der Waals surface area contributed by atoms with Gasteiger partial charge in [0, 0.05) is 32.9 Å². The lowest BCUT2D eigenvalue weighted by Gasteiger charge is -2.21. The molecule has 1 atom stereocenters. The Hall–Kier alpha value is -1.44. The monoisotopic (exact) mass is 324 g/mol. The number of hydrogen-bond donors (Lipinski definition) is 0. The summed E-state index contributed by atoms with van der Waals surface area (Å²) in [6, 6.07) is 4.88. The smallest absolute Gasteiger partial charge is 0.242 e. The fraction of sp³-hybridized carbons (Fsp3) is 0.533. The first-order valence-corrected chi connectivity index (χ1v) is 8.81. The van der Waals surface area contributed by atoms with Gasteiger partial charge in [-0.2, -0.15) is 4.31 Å². The van der Waals surface area contributed by atoms with Gasteiger partial charge in [0.25, 0.3) is 0 Å². The first-order valence-electron chi connectivity index (χ1n) is 7.37. The largest absolute Gasteiger partial charge is 0.377 e. The molecular weight excluding hydrogens is 304 g/mol. The molecule has 1 saturated heterocycles. The maximum atomic E-state index is 12.7. The van der Waals surface area contributed by atoms with E-state index in [4.69, 9.17) is 4.74 Å². The van der Waals surface area contributed by atoms with E-state index in [2.05, 4.69) is 0 Å². The molecule has 1 amide bonds. The average molecular weight is 324 g/mol. The van der Waals surface area contributed by atoms with Crippen molar-refractivity contribution < 1.29 is 17.9 Å². The van der Waals surface area contributed by atoms with Gasteiger partial charge in [0.15, 0.2) is 0 Å². The quantitative estimate of drug-likeness (QED) is 0.829. The van der Waals surface area contributed by atoms with Crippen molar-refractivity contribution in [3.63, 3.8) is 0 Å². The van der Waals surface area contributed by atoms with Crippen LogP contribution in [0.2, 0.25) is 0 Å². The summed E-state index contributed by atoms with van der Waals surface area (Å²) >= 11 is 0. The van der Waals surface area contributed by atoms with Gasteiger partial charge in [-0.25, -0.2) is 8.42 Å². The van der Waals surface area contributed by atoms with E-state index in [-0.39, 0.29) is 23.3 Å². The Balaban J connectivity index is 1.83. The number of carbonyl (C=O) groups excluding carboxylic acids is 1. The summed E-state index contributed by atoms with van der Waals surface area (Å²) in [5.74, 6) is -0.0164. The van der Waals surface area contributed by atoms with Gasteiger partial charge < -0.3 is 9.64 Å². The maximum absolute atomic E-state index is 12.7. The van der Waals surface area contributed by atoms with Gasteiger partial charge in [-0.1, -0.05) is 0 Å². The van der Waals surface area contributed by atoms with Gasteiger partial charge in [-0.05, 0) is 36.6 Å². The third kappa shape index (κ3) is 2.64. The Bertz CT molecular complexity index is 695. The highest BCUT2D eigenvalue weighted by atomic mass is 32.2. The molecule has 0 radical (unpaired) electrons. The third-order valence-corrected chi connectivity index (χ3v) is 6.14. The first-order chi connectivity index (χ1) is 10.4. The molecule has 1 unspecified atom stereocenters. The number of likely N-dealkylation sites (N-methyl/N-ethyl adjacent to an activating group) is 2. The van der Waals surface area contributed by atoms with Crippen molar-refractivity contribution in [2.45, 2.75) is 30.3 Å². The summed E-state index contributed by atoms with van der Waals surface area (Å²) in [5, 5.41) is 0. The second kappa shape index (κ2) is 5.64. The van der Waals surface area contributed by atoms with E-state index in [1.165, 1.54) is 4.31 Å². The van der Waals surface area contributed by atoms with Crippen LogP contribution in [0.5, 0.6) is 0 Å². The van der Waals surface area contributed by atoms with Crippen LogP contribution in [0.25, 0.3) is 0 Å². The lowest BCUT2D eigenvalue weighted by atomic mass is 10.2. The molecule has 7 heteroatoms. The van der Waals surface area contributed by atoms with E-state index >= 15 is 0 Å². The van der Waals surface area contributed by atoms with Crippen molar-refractivity contribution >= 4 is 21.6 Å². The minimum absolute atomic E-state index is 0.0164. The molecule has 0 N–H and O–H groups in total. The number of benzene rings is 1. The number of hydrogen-bond acceptors (Lipinski definition) is 4. The van der Waals surface area contributed by atoms with Crippen LogP contribution in [0.4, 0.5) is 5.69 Å². The molecule has 6 nitrogen and oxygen atoms in total. The number of carbonyl (C=O) groups is 1. The van der Waals surface area contributed by atoms with Crippen molar-refractivity contribution in [3.05, 3.63) is 23.8 Å². The molecule has 0 bridgehead atoms. The van der Waals surface area contributed by atoms with Crippen LogP contribution < -0.4 is 4.90 Å². The maximum Gasteiger partial charge on any atom is 0.242 e. The summed E-state index contributed by atoms with van der Waals surface area (Å²) in [4.78, 5) is 13.5. The number of ether oxygens (including phenoxy) is 1. The molecule has 3 rings (SSSR count). The molecule has 0 saturated carbocycles. The van der Waals surface area contributed by atoms with E-state index in [1.54, 1.807) is 37.2 Å². The zero-order chi connectivity index (χ0) is 15.9. The van der Waals surface area contributed by atoms with Gasteiger partial charge in [0.05, 0.1) is 17.4 Å². The standard InChI is InChI=1S/C15H20N2O4S/c1-16(10-12-4-3-7-21-12)22(19,20)13-5-6-14-11(8-13)9-15(18)17(14)2/h5-6,8,12H,3-4,7,9-10H2,1-2H3. The van der Waals surface area contributed by atoms with E-state index < -0.39 is 10.0 Å². The minimum atomic E-state index is -3.56. The van der Waals surface area contributed by atoms with Gasteiger partial charge in [-0.3, -0.25) is 4.79 Å². The molecule has 2 heterocycles. The molecule has 0 spiro atoms.